The van der Waals surface area contributed by atoms with Crippen LogP contribution in [-0.2, 0) is 5.41 Å². The van der Waals surface area contributed by atoms with Crippen LogP contribution in [0, 0.1) is 0 Å². The zero-order chi connectivity index (χ0) is 44.5. The average molecular weight is 858 g/mol. The zero-order valence-electron chi connectivity index (χ0n) is 37.5. The van der Waals surface area contributed by atoms with Crippen molar-refractivity contribution >= 4 is 106 Å². The van der Waals surface area contributed by atoms with Crippen molar-refractivity contribution in [2.45, 2.75) is 26.2 Å². The molecule has 2 aliphatic rings. The molecule has 5 heteroatoms. The van der Waals surface area contributed by atoms with E-state index in [-0.39, 0.29) is 12.3 Å². The molecule has 0 spiro atoms. The molecular weight excluding hydrogens is 814 g/mol. The highest BCUT2D eigenvalue weighted by molar-refractivity contribution is 6.90. The Hall–Kier alpha value is -8.28. The number of para-hydroxylation sites is 4. The second-order valence-electron chi connectivity index (χ2n) is 19.3. The van der Waals surface area contributed by atoms with Gasteiger partial charge in [0.25, 0.3) is 0 Å². The number of furan rings is 1. The summed E-state index contributed by atoms with van der Waals surface area (Å²) in [5, 5.41) is 7.23. The first-order valence-electron chi connectivity index (χ1n) is 23.4. The lowest BCUT2D eigenvalue weighted by Gasteiger charge is -2.42. The smallest absolute Gasteiger partial charge is 0.333 e. The van der Waals surface area contributed by atoms with Crippen molar-refractivity contribution in [1.29, 1.82) is 0 Å². The number of nitrogens with zero attached hydrogens (tertiary/aromatic N) is 3. The van der Waals surface area contributed by atoms with Gasteiger partial charge in [-0.25, -0.2) is 0 Å². The van der Waals surface area contributed by atoms with Crippen molar-refractivity contribution in [1.82, 2.24) is 4.48 Å². The largest absolute Gasteiger partial charge is 0.456 e. The predicted octanol–water partition coefficient (Wildman–Crippen LogP) is 15.7. The first-order chi connectivity index (χ1) is 32.9. The second-order valence-corrected chi connectivity index (χ2v) is 19.3. The minimum absolute atomic E-state index is 0.0606. The number of anilines is 6. The highest BCUT2D eigenvalue weighted by atomic mass is 16.3. The normalized spacial score (nSPS) is 12.9. The molecule has 0 aliphatic carbocycles. The highest BCUT2D eigenvalue weighted by Crippen LogP contribution is 2.52. The van der Waals surface area contributed by atoms with Crippen molar-refractivity contribution in [2.24, 2.45) is 0 Å². The third-order valence-corrected chi connectivity index (χ3v) is 14.4. The van der Waals surface area contributed by atoms with Gasteiger partial charge in [0.2, 0.25) is 0 Å². The molecule has 0 bridgehead atoms. The SMILES string of the molecule is CC(C)(C)c1ccc(N2c3ccc(N(c4ccccc4)c4ccccc4)cc3B3c4c(cc5oc6ccccc6c5c42)-c2cccc4c5cc6ccccc6cc5n3c24)c(-c2ccccc2)c1. The lowest BCUT2D eigenvalue weighted by molar-refractivity contribution is 0.590. The van der Waals surface area contributed by atoms with Gasteiger partial charge in [0.05, 0.1) is 16.8 Å². The molecule has 0 saturated carbocycles. The van der Waals surface area contributed by atoms with E-state index in [9.17, 15) is 0 Å². The molecule has 0 amide bonds. The maximum atomic E-state index is 6.97. The minimum atomic E-state index is -0.187. The van der Waals surface area contributed by atoms with Gasteiger partial charge in [-0.2, -0.15) is 0 Å². The summed E-state index contributed by atoms with van der Waals surface area (Å²) in [5.74, 6) is 0. The molecule has 316 valence electrons. The van der Waals surface area contributed by atoms with Crippen LogP contribution in [0.25, 0.3) is 76.8 Å². The van der Waals surface area contributed by atoms with Crippen molar-refractivity contribution < 1.29 is 4.42 Å². The van der Waals surface area contributed by atoms with E-state index in [1.165, 1.54) is 71.3 Å². The van der Waals surface area contributed by atoms with Gasteiger partial charge in [-0.15, -0.1) is 0 Å². The van der Waals surface area contributed by atoms with Crippen molar-refractivity contribution in [2.75, 3.05) is 9.80 Å². The van der Waals surface area contributed by atoms with E-state index in [4.69, 9.17) is 4.42 Å². The Morgan fingerprint density at radius 1 is 0.478 bits per heavy atom. The Labute approximate surface area is 389 Å². The number of fused-ring (bicyclic) bond motifs is 12. The number of hydrogen-bond acceptors (Lipinski definition) is 3. The molecule has 2 aromatic heterocycles. The Kier molecular flexibility index (Phi) is 8.01. The van der Waals surface area contributed by atoms with Crippen LogP contribution >= 0.6 is 0 Å². The number of hydrogen-bond donors (Lipinski definition) is 0. The van der Waals surface area contributed by atoms with Gasteiger partial charge in [0, 0.05) is 61.1 Å². The molecule has 0 unspecified atom stereocenters. The Morgan fingerprint density at radius 3 is 1.88 bits per heavy atom. The Morgan fingerprint density at radius 2 is 1.13 bits per heavy atom. The summed E-state index contributed by atoms with van der Waals surface area (Å²) >= 11 is 0. The standard InChI is InChI=1S/C62H44BN3O/c1-62(2,3)42-30-32-53(49(36-42)39-18-7-4-8-19-39)65-54-33-31-45(64(43-22-9-5-10-23-43)44-24-11-6-12-25-44)37-52(54)63-59-51(38-57-58(61(59)65)48-26-15-16-29-56(48)67-57)47-28-17-27-46-50-34-40-20-13-14-21-41(40)35-55(50)66(63)60(46)47/h4-38H,1-3H3. The summed E-state index contributed by atoms with van der Waals surface area (Å²) in [6.45, 7) is 6.73. The molecule has 0 N–H and O–H groups in total. The zero-order valence-corrected chi connectivity index (χ0v) is 37.5. The fourth-order valence-electron chi connectivity index (χ4n) is 11.4. The lowest BCUT2D eigenvalue weighted by Crippen LogP contribution is -2.56. The van der Waals surface area contributed by atoms with Crippen molar-refractivity contribution in [3.63, 3.8) is 0 Å². The van der Waals surface area contributed by atoms with E-state index in [1.54, 1.807) is 0 Å². The van der Waals surface area contributed by atoms with E-state index < -0.39 is 0 Å². The fraction of sp³-hybridized carbons (Fsp3) is 0.0645. The van der Waals surface area contributed by atoms with Crippen molar-refractivity contribution in [3.8, 4) is 22.3 Å². The molecule has 4 heterocycles. The molecule has 10 aromatic carbocycles. The van der Waals surface area contributed by atoms with Crippen LogP contribution in [0.15, 0.2) is 217 Å². The number of rotatable bonds is 5. The van der Waals surface area contributed by atoms with Gasteiger partial charge < -0.3 is 18.7 Å². The monoisotopic (exact) mass is 857 g/mol. The van der Waals surface area contributed by atoms with Crippen LogP contribution in [0.3, 0.4) is 0 Å². The van der Waals surface area contributed by atoms with Gasteiger partial charge in [0.15, 0.2) is 0 Å². The lowest BCUT2D eigenvalue weighted by atomic mass is 9.45. The maximum absolute atomic E-state index is 6.97. The van der Waals surface area contributed by atoms with Gasteiger partial charge in [0.1, 0.15) is 11.2 Å². The average Bonchev–Trinajstić information content (AvgIpc) is 3.90. The van der Waals surface area contributed by atoms with Crippen LogP contribution < -0.4 is 20.7 Å². The van der Waals surface area contributed by atoms with Gasteiger partial charge in [-0.05, 0) is 123 Å². The second kappa shape index (κ2) is 14.1. The Balaban J connectivity index is 1.17. The summed E-state index contributed by atoms with van der Waals surface area (Å²) < 4.78 is 9.66. The summed E-state index contributed by atoms with van der Waals surface area (Å²) in [5.41, 5.74) is 19.5. The van der Waals surface area contributed by atoms with Crippen LogP contribution in [0.2, 0.25) is 0 Å². The fourth-order valence-corrected chi connectivity index (χ4v) is 11.4. The van der Waals surface area contributed by atoms with E-state index in [2.05, 4.69) is 247 Å². The van der Waals surface area contributed by atoms with Crippen LogP contribution in [0.5, 0.6) is 0 Å². The van der Waals surface area contributed by atoms with E-state index in [0.29, 0.717) is 0 Å². The first kappa shape index (κ1) is 38.0. The number of benzene rings is 10. The maximum Gasteiger partial charge on any atom is 0.333 e. The number of aromatic nitrogens is 1. The molecule has 0 radical (unpaired) electrons. The quantitative estimate of drug-likeness (QED) is 0.161. The third-order valence-electron chi connectivity index (χ3n) is 14.4. The summed E-state index contributed by atoms with van der Waals surface area (Å²) in [4.78, 5) is 4.99. The minimum Gasteiger partial charge on any atom is -0.456 e. The molecule has 67 heavy (non-hydrogen) atoms. The topological polar surface area (TPSA) is 24.6 Å². The molecule has 2 aliphatic heterocycles. The Bertz CT molecular complexity index is 3940. The molecule has 0 atom stereocenters. The van der Waals surface area contributed by atoms with Gasteiger partial charge >= 0.3 is 6.85 Å². The predicted molar refractivity (Wildman–Crippen MR) is 284 cm³/mol. The molecular formula is C62H44BN3O. The van der Waals surface area contributed by atoms with Crippen LogP contribution in [-0.4, -0.2) is 11.3 Å². The third kappa shape index (κ3) is 5.55. The molecule has 0 fully saturated rings. The molecule has 4 nitrogen and oxygen atoms in total. The van der Waals surface area contributed by atoms with Gasteiger partial charge in [-0.3, -0.25) is 0 Å². The van der Waals surface area contributed by atoms with Crippen LogP contribution in [0.4, 0.5) is 34.1 Å². The highest BCUT2D eigenvalue weighted by Gasteiger charge is 2.45. The van der Waals surface area contributed by atoms with E-state index in [1.807, 2.05) is 0 Å². The molecule has 12 aromatic rings. The summed E-state index contributed by atoms with van der Waals surface area (Å²) in [7, 11) is 0. The summed E-state index contributed by atoms with van der Waals surface area (Å²) in [6, 6.07) is 78.3. The first-order valence-corrected chi connectivity index (χ1v) is 23.4. The van der Waals surface area contributed by atoms with Crippen LogP contribution in [0.1, 0.15) is 26.3 Å². The summed E-state index contributed by atoms with van der Waals surface area (Å²) in [6.07, 6.45) is 0. The van der Waals surface area contributed by atoms with E-state index >= 15 is 0 Å². The van der Waals surface area contributed by atoms with E-state index in [0.717, 1.165) is 56.1 Å². The van der Waals surface area contributed by atoms with Gasteiger partial charge in [-0.1, -0.05) is 154 Å². The molecule has 14 rings (SSSR count). The van der Waals surface area contributed by atoms with Crippen molar-refractivity contribution in [3.05, 3.63) is 218 Å². The molecule has 0 saturated heterocycles.